The van der Waals surface area contributed by atoms with Crippen LogP contribution in [-0.4, -0.2) is 25.7 Å². The Kier molecular flexibility index (Phi) is 7.45. The van der Waals surface area contributed by atoms with Crippen LogP contribution >= 0.6 is 38.9 Å². The van der Waals surface area contributed by atoms with Crippen molar-refractivity contribution in [2.45, 2.75) is 19.4 Å². The minimum absolute atomic E-state index is 0.176. The molecule has 170 valence electrons. The second-order valence-corrected chi connectivity index (χ2v) is 10.4. The summed E-state index contributed by atoms with van der Waals surface area (Å²) in [5, 5.41) is 3.64. The van der Waals surface area contributed by atoms with Gasteiger partial charge < -0.3 is 5.32 Å². The molecule has 0 saturated carbocycles. The molecule has 1 amide bonds. The predicted molar refractivity (Wildman–Crippen MR) is 139 cm³/mol. The average molecular weight is 565 g/mol. The Bertz CT molecular complexity index is 1330. The van der Waals surface area contributed by atoms with Crippen LogP contribution in [-0.2, 0) is 17.7 Å². The van der Waals surface area contributed by atoms with Crippen LogP contribution < -0.4 is 9.62 Å². The lowest BCUT2D eigenvalue weighted by atomic mass is 10.1. The van der Waals surface area contributed by atoms with Gasteiger partial charge in [-0.05, 0) is 61.4 Å². The highest BCUT2D eigenvalue weighted by molar-refractivity contribution is 9.10. The van der Waals surface area contributed by atoms with Gasteiger partial charge in [-0.3, -0.25) is 9.35 Å². The number of carbonyl (C=O) groups is 1. The highest BCUT2D eigenvalue weighted by Gasteiger charge is 2.25. The van der Waals surface area contributed by atoms with E-state index in [-0.39, 0.29) is 17.5 Å². The maximum atomic E-state index is 13.2. The summed E-state index contributed by atoms with van der Waals surface area (Å²) in [5.74, 6) is -0.347. The van der Waals surface area contributed by atoms with E-state index in [0.717, 1.165) is 10.3 Å². The van der Waals surface area contributed by atoms with Crippen LogP contribution in [0.4, 0.5) is 11.4 Å². The number of nitrogens with one attached hydrogen (secondary N) is 1. The number of halogens is 2. The van der Waals surface area contributed by atoms with Gasteiger partial charge in [0.05, 0.1) is 27.1 Å². The van der Waals surface area contributed by atoms with E-state index in [9.17, 15) is 13.6 Å². The van der Waals surface area contributed by atoms with Crippen molar-refractivity contribution in [3.05, 3.63) is 86.8 Å². The lowest BCUT2D eigenvalue weighted by Crippen LogP contribution is -2.35. The molecule has 0 fully saturated rings. The summed E-state index contributed by atoms with van der Waals surface area (Å²) in [5.41, 5.74) is 4.32. The second-order valence-electron chi connectivity index (χ2n) is 7.37. The zero-order valence-corrected chi connectivity index (χ0v) is 21.3. The lowest BCUT2D eigenvalue weighted by molar-refractivity contribution is 0.0941. The van der Waals surface area contributed by atoms with Gasteiger partial charge in [0.1, 0.15) is 5.52 Å². The number of thiazole rings is 1. The number of carbonyl (C=O) groups excluding carboxylic acids is 1. The zero-order chi connectivity index (χ0) is 23.5. The molecular formula is C23H19BrClN3O3S2. The highest BCUT2D eigenvalue weighted by atomic mass is 79.9. The highest BCUT2D eigenvalue weighted by Crippen LogP contribution is 2.37. The maximum absolute atomic E-state index is 13.2. The molecule has 4 rings (SSSR count). The standard InChI is InChI=1S/C23H19BrClN3O3S2/c1-14(11-15-5-8-17(25)9-6-15)27-23(29)18-10-7-16(24)12-20(18)28(33(30)31)19-3-2-4-21-22(19)26-13-32-21/h2-10,12-14H,11H2,1H3,(H,27,29)(H,30,31). The molecule has 1 heterocycles. The van der Waals surface area contributed by atoms with Gasteiger partial charge in [-0.15, -0.1) is 11.3 Å². The molecule has 0 aliphatic carbocycles. The van der Waals surface area contributed by atoms with Crippen molar-refractivity contribution in [2.75, 3.05) is 4.31 Å². The Hall–Kier alpha value is -2.30. The first-order valence-corrected chi connectivity index (χ1v) is 13.0. The SMILES string of the molecule is CC(Cc1ccc(Cl)cc1)NC(=O)c1ccc(Br)cc1N(c1cccc2scnc12)S(=O)O. The Labute approximate surface area is 211 Å². The van der Waals surface area contributed by atoms with Crippen molar-refractivity contribution in [3.63, 3.8) is 0 Å². The van der Waals surface area contributed by atoms with Gasteiger partial charge in [0, 0.05) is 15.5 Å². The smallest absolute Gasteiger partial charge is 0.266 e. The van der Waals surface area contributed by atoms with E-state index in [1.165, 1.54) is 15.6 Å². The van der Waals surface area contributed by atoms with Gasteiger partial charge in [0.15, 0.2) is 0 Å². The molecule has 0 spiro atoms. The molecule has 0 aliphatic heterocycles. The van der Waals surface area contributed by atoms with Crippen molar-refractivity contribution < 1.29 is 13.6 Å². The molecule has 33 heavy (non-hydrogen) atoms. The fraction of sp³-hybridized carbons (Fsp3) is 0.130. The molecule has 2 atom stereocenters. The number of fused-ring (bicyclic) bond motifs is 1. The van der Waals surface area contributed by atoms with Crippen LogP contribution in [0.1, 0.15) is 22.8 Å². The Morgan fingerprint density at radius 1 is 1.21 bits per heavy atom. The van der Waals surface area contributed by atoms with Crippen molar-refractivity contribution in [1.29, 1.82) is 0 Å². The fourth-order valence-corrected chi connectivity index (χ4v) is 5.33. The molecule has 0 radical (unpaired) electrons. The third-order valence-electron chi connectivity index (χ3n) is 4.97. The van der Waals surface area contributed by atoms with Crippen molar-refractivity contribution in [3.8, 4) is 0 Å². The van der Waals surface area contributed by atoms with E-state index in [1.807, 2.05) is 37.3 Å². The molecule has 6 nitrogen and oxygen atoms in total. The second kappa shape index (κ2) is 10.3. The van der Waals surface area contributed by atoms with Crippen molar-refractivity contribution in [1.82, 2.24) is 10.3 Å². The number of anilines is 2. The largest absolute Gasteiger partial charge is 0.349 e. The van der Waals surface area contributed by atoms with E-state index in [4.69, 9.17) is 11.6 Å². The van der Waals surface area contributed by atoms with Gasteiger partial charge in [0.2, 0.25) is 0 Å². The van der Waals surface area contributed by atoms with Gasteiger partial charge in [-0.1, -0.05) is 45.7 Å². The summed E-state index contributed by atoms with van der Waals surface area (Å²) in [6, 6.07) is 17.7. The summed E-state index contributed by atoms with van der Waals surface area (Å²) in [6.07, 6.45) is 0.614. The first-order valence-electron chi connectivity index (χ1n) is 9.91. The third kappa shape index (κ3) is 5.44. The third-order valence-corrected chi connectivity index (χ3v) is 7.22. The van der Waals surface area contributed by atoms with Crippen molar-refractivity contribution >= 4 is 77.6 Å². The van der Waals surface area contributed by atoms with Crippen LogP contribution in [0.25, 0.3) is 10.2 Å². The zero-order valence-electron chi connectivity index (χ0n) is 17.4. The van der Waals surface area contributed by atoms with Crippen molar-refractivity contribution in [2.24, 2.45) is 0 Å². The topological polar surface area (TPSA) is 82.5 Å². The summed E-state index contributed by atoms with van der Waals surface area (Å²) < 4.78 is 25.5. The fourth-order valence-electron chi connectivity index (χ4n) is 3.52. The number of para-hydroxylation sites is 1. The molecule has 10 heteroatoms. The lowest BCUT2D eigenvalue weighted by Gasteiger charge is -2.24. The number of aromatic nitrogens is 1. The minimum Gasteiger partial charge on any atom is -0.349 e. The monoisotopic (exact) mass is 563 g/mol. The van der Waals surface area contributed by atoms with Gasteiger partial charge in [-0.2, -0.15) is 0 Å². The van der Waals surface area contributed by atoms with Gasteiger partial charge in [-0.25, -0.2) is 13.5 Å². The average Bonchev–Trinajstić information content (AvgIpc) is 3.25. The Morgan fingerprint density at radius 2 is 1.97 bits per heavy atom. The summed E-state index contributed by atoms with van der Waals surface area (Å²) >= 11 is 8.36. The predicted octanol–water partition coefficient (Wildman–Crippen LogP) is 6.35. The normalized spacial score (nSPS) is 13.0. The number of benzene rings is 3. The summed E-state index contributed by atoms with van der Waals surface area (Å²) in [4.78, 5) is 17.6. The quantitative estimate of drug-likeness (QED) is 0.256. The molecule has 2 unspecified atom stereocenters. The molecule has 0 bridgehead atoms. The molecule has 2 N–H and O–H groups in total. The minimum atomic E-state index is -2.44. The molecular weight excluding hydrogens is 546 g/mol. The van der Waals surface area contributed by atoms with Crippen LogP contribution in [0.3, 0.4) is 0 Å². The number of amides is 1. The van der Waals surface area contributed by atoms with Crippen LogP contribution in [0.5, 0.6) is 0 Å². The van der Waals surface area contributed by atoms with Crippen LogP contribution in [0.2, 0.25) is 5.02 Å². The molecule has 4 aromatic rings. The number of nitrogens with zero attached hydrogens (tertiary/aromatic N) is 2. The van der Waals surface area contributed by atoms with Gasteiger partial charge in [0.25, 0.3) is 17.2 Å². The van der Waals surface area contributed by atoms with E-state index in [2.05, 4.69) is 26.2 Å². The number of rotatable bonds is 7. The van der Waals surface area contributed by atoms with E-state index >= 15 is 0 Å². The first kappa shape index (κ1) is 23.8. The van der Waals surface area contributed by atoms with E-state index in [0.29, 0.717) is 32.8 Å². The van der Waals surface area contributed by atoms with Gasteiger partial charge >= 0.3 is 0 Å². The Balaban J connectivity index is 1.67. The summed E-state index contributed by atoms with van der Waals surface area (Å²) in [7, 11) is 0. The van der Waals surface area contributed by atoms with Crippen LogP contribution in [0, 0.1) is 0 Å². The molecule has 0 saturated heterocycles. The van der Waals surface area contributed by atoms with Crippen LogP contribution in [0.15, 0.2) is 70.6 Å². The maximum Gasteiger partial charge on any atom is 0.266 e. The number of hydrogen-bond donors (Lipinski definition) is 2. The number of hydrogen-bond acceptors (Lipinski definition) is 4. The Morgan fingerprint density at radius 3 is 2.70 bits per heavy atom. The van der Waals surface area contributed by atoms with E-state index < -0.39 is 11.3 Å². The molecule has 0 aliphatic rings. The summed E-state index contributed by atoms with van der Waals surface area (Å²) in [6.45, 7) is 1.91. The van der Waals surface area contributed by atoms with E-state index in [1.54, 1.807) is 35.8 Å². The molecule has 1 aromatic heterocycles. The first-order chi connectivity index (χ1) is 15.8. The molecule has 3 aromatic carbocycles.